The Morgan fingerprint density at radius 1 is 1.35 bits per heavy atom. The molecule has 1 aliphatic carbocycles. The molecule has 1 unspecified atom stereocenters. The molecule has 1 aromatic rings. The van der Waals surface area contributed by atoms with Gasteiger partial charge in [-0.05, 0) is 42.9 Å². The van der Waals surface area contributed by atoms with Crippen molar-refractivity contribution in [3.8, 4) is 0 Å². The lowest BCUT2D eigenvalue weighted by atomic mass is 9.85. The summed E-state index contributed by atoms with van der Waals surface area (Å²) >= 11 is 0. The van der Waals surface area contributed by atoms with E-state index in [-0.39, 0.29) is 12.4 Å². The number of aliphatic hydroxyl groups is 1. The highest BCUT2D eigenvalue weighted by atomic mass is 19.1. The van der Waals surface area contributed by atoms with Crippen LogP contribution in [0.5, 0.6) is 0 Å². The van der Waals surface area contributed by atoms with E-state index in [1.54, 1.807) is 12.1 Å². The van der Waals surface area contributed by atoms with Gasteiger partial charge in [-0.15, -0.1) is 0 Å². The van der Waals surface area contributed by atoms with Gasteiger partial charge in [0.25, 0.3) is 0 Å². The van der Waals surface area contributed by atoms with Crippen LogP contribution in [-0.4, -0.2) is 36.2 Å². The first-order chi connectivity index (χ1) is 9.69. The monoisotopic (exact) mass is 280 g/mol. The molecule has 0 heterocycles. The van der Waals surface area contributed by atoms with Crippen molar-refractivity contribution in [1.82, 2.24) is 4.90 Å². The SMILES string of the molecule is [O]C(CCN(CCO)CC1CCC1)c1cccc(F)c1. The number of hydrogen-bond acceptors (Lipinski definition) is 2. The Bertz CT molecular complexity index is 409. The second kappa shape index (κ2) is 7.72. The average molecular weight is 280 g/mol. The molecule has 20 heavy (non-hydrogen) atoms. The summed E-state index contributed by atoms with van der Waals surface area (Å²) in [6.45, 7) is 2.38. The van der Waals surface area contributed by atoms with Gasteiger partial charge in [-0.1, -0.05) is 18.6 Å². The average Bonchev–Trinajstić information content (AvgIpc) is 2.39. The van der Waals surface area contributed by atoms with E-state index in [9.17, 15) is 9.50 Å². The van der Waals surface area contributed by atoms with Crippen molar-refractivity contribution >= 4 is 0 Å². The molecular weight excluding hydrogens is 257 g/mol. The lowest BCUT2D eigenvalue weighted by molar-refractivity contribution is 0.0601. The van der Waals surface area contributed by atoms with Crippen LogP contribution in [0.15, 0.2) is 24.3 Å². The highest BCUT2D eigenvalue weighted by Crippen LogP contribution is 2.27. The van der Waals surface area contributed by atoms with Crippen LogP contribution in [0.25, 0.3) is 0 Å². The minimum absolute atomic E-state index is 0.121. The molecule has 1 N–H and O–H groups in total. The maximum atomic E-state index is 13.1. The van der Waals surface area contributed by atoms with Crippen molar-refractivity contribution in [2.75, 3.05) is 26.2 Å². The van der Waals surface area contributed by atoms with E-state index in [0.29, 0.717) is 25.1 Å². The molecule has 111 valence electrons. The smallest absolute Gasteiger partial charge is 0.123 e. The number of hydrogen-bond donors (Lipinski definition) is 1. The first-order valence-electron chi connectivity index (χ1n) is 7.43. The van der Waals surface area contributed by atoms with Crippen LogP contribution in [0.4, 0.5) is 4.39 Å². The predicted molar refractivity (Wildman–Crippen MR) is 75.3 cm³/mol. The van der Waals surface area contributed by atoms with E-state index in [4.69, 9.17) is 5.11 Å². The van der Waals surface area contributed by atoms with E-state index < -0.39 is 6.10 Å². The van der Waals surface area contributed by atoms with E-state index in [0.717, 1.165) is 12.5 Å². The second-order valence-electron chi connectivity index (χ2n) is 5.65. The molecule has 0 bridgehead atoms. The Kier molecular flexibility index (Phi) is 5.95. The molecule has 2 rings (SSSR count). The molecular formula is C16H23FNO2. The van der Waals surface area contributed by atoms with E-state index >= 15 is 0 Å². The molecule has 0 saturated heterocycles. The fourth-order valence-corrected chi connectivity index (χ4v) is 2.65. The maximum Gasteiger partial charge on any atom is 0.123 e. The summed E-state index contributed by atoms with van der Waals surface area (Å²) in [4.78, 5) is 2.16. The summed E-state index contributed by atoms with van der Waals surface area (Å²) < 4.78 is 13.1. The van der Waals surface area contributed by atoms with Crippen LogP contribution in [0.1, 0.15) is 37.4 Å². The largest absolute Gasteiger partial charge is 0.395 e. The minimum atomic E-state index is -0.895. The van der Waals surface area contributed by atoms with Crippen molar-refractivity contribution in [1.29, 1.82) is 0 Å². The molecule has 0 aliphatic heterocycles. The zero-order chi connectivity index (χ0) is 14.4. The minimum Gasteiger partial charge on any atom is -0.395 e. The fraction of sp³-hybridized carbons (Fsp3) is 0.625. The normalized spacial score (nSPS) is 17.2. The Labute approximate surface area is 120 Å². The first kappa shape index (κ1) is 15.4. The van der Waals surface area contributed by atoms with Crippen LogP contribution < -0.4 is 0 Å². The van der Waals surface area contributed by atoms with Gasteiger partial charge >= 0.3 is 0 Å². The van der Waals surface area contributed by atoms with Crippen molar-refractivity contribution in [3.05, 3.63) is 35.6 Å². The van der Waals surface area contributed by atoms with Crippen LogP contribution in [0.2, 0.25) is 0 Å². The third kappa shape index (κ3) is 4.54. The molecule has 1 aliphatic rings. The lowest BCUT2D eigenvalue weighted by Crippen LogP contribution is -2.35. The van der Waals surface area contributed by atoms with Crippen LogP contribution in [0.3, 0.4) is 0 Å². The van der Waals surface area contributed by atoms with Crippen molar-refractivity contribution < 1.29 is 14.6 Å². The van der Waals surface area contributed by atoms with Gasteiger partial charge in [-0.2, -0.15) is 0 Å². The quantitative estimate of drug-likeness (QED) is 0.795. The molecule has 1 aromatic carbocycles. The van der Waals surface area contributed by atoms with Crippen molar-refractivity contribution in [3.63, 3.8) is 0 Å². The van der Waals surface area contributed by atoms with Gasteiger partial charge in [0.05, 0.1) is 6.61 Å². The summed E-state index contributed by atoms with van der Waals surface area (Å²) in [5.41, 5.74) is 0.512. The van der Waals surface area contributed by atoms with E-state index in [1.165, 1.54) is 31.4 Å². The van der Waals surface area contributed by atoms with Gasteiger partial charge in [0.1, 0.15) is 11.9 Å². The fourth-order valence-electron chi connectivity index (χ4n) is 2.65. The summed E-state index contributed by atoms with van der Waals surface area (Å²) in [6, 6.07) is 5.93. The van der Waals surface area contributed by atoms with Gasteiger partial charge in [0.2, 0.25) is 0 Å². The standard InChI is InChI=1S/C16H23FNO2/c17-15-6-2-5-14(11-15)16(20)7-8-18(9-10-19)12-13-3-1-4-13/h2,5-6,11,13,16,19H,1,3-4,7-10,12H2. The summed E-state index contributed by atoms with van der Waals surface area (Å²) in [6.07, 6.45) is 3.37. The molecule has 1 atom stereocenters. The summed E-state index contributed by atoms with van der Waals surface area (Å²) in [7, 11) is 0. The number of nitrogens with zero attached hydrogens (tertiary/aromatic N) is 1. The number of rotatable bonds is 8. The Balaban J connectivity index is 1.81. The van der Waals surface area contributed by atoms with Crippen molar-refractivity contribution in [2.24, 2.45) is 5.92 Å². The van der Waals surface area contributed by atoms with Gasteiger partial charge < -0.3 is 10.0 Å². The van der Waals surface area contributed by atoms with Crippen molar-refractivity contribution in [2.45, 2.75) is 31.8 Å². The summed E-state index contributed by atoms with van der Waals surface area (Å²) in [5, 5.41) is 21.2. The van der Waals surface area contributed by atoms with Gasteiger partial charge in [-0.25, -0.2) is 9.50 Å². The third-order valence-corrected chi connectivity index (χ3v) is 4.09. The molecule has 4 heteroatoms. The maximum absolute atomic E-state index is 13.1. The van der Waals surface area contributed by atoms with Gasteiger partial charge in [-0.3, -0.25) is 0 Å². The number of halogens is 1. The third-order valence-electron chi connectivity index (χ3n) is 4.09. The van der Waals surface area contributed by atoms with Crippen LogP contribution in [-0.2, 0) is 5.11 Å². The molecule has 3 nitrogen and oxygen atoms in total. The summed E-state index contributed by atoms with van der Waals surface area (Å²) in [5.74, 6) is 0.367. The zero-order valence-corrected chi connectivity index (χ0v) is 11.8. The van der Waals surface area contributed by atoms with Crippen LogP contribution >= 0.6 is 0 Å². The predicted octanol–water partition coefficient (Wildman–Crippen LogP) is 2.78. The number of aliphatic hydroxyl groups excluding tert-OH is 1. The molecule has 1 fully saturated rings. The van der Waals surface area contributed by atoms with Gasteiger partial charge in [0, 0.05) is 19.6 Å². The Morgan fingerprint density at radius 2 is 2.15 bits per heavy atom. The number of benzene rings is 1. The Morgan fingerprint density at radius 3 is 2.75 bits per heavy atom. The molecule has 0 amide bonds. The topological polar surface area (TPSA) is 43.4 Å². The van der Waals surface area contributed by atoms with Crippen LogP contribution in [0, 0.1) is 11.7 Å². The first-order valence-corrected chi connectivity index (χ1v) is 7.43. The second-order valence-corrected chi connectivity index (χ2v) is 5.65. The molecule has 0 spiro atoms. The highest BCUT2D eigenvalue weighted by molar-refractivity contribution is 5.18. The molecule has 0 aromatic heterocycles. The lowest BCUT2D eigenvalue weighted by Gasteiger charge is -2.32. The van der Waals surface area contributed by atoms with E-state index in [1.807, 2.05) is 0 Å². The molecule has 1 saturated carbocycles. The molecule has 1 radical (unpaired) electrons. The van der Waals surface area contributed by atoms with E-state index in [2.05, 4.69) is 4.90 Å². The zero-order valence-electron chi connectivity index (χ0n) is 11.8. The highest BCUT2D eigenvalue weighted by Gasteiger charge is 2.21. The Hall–Kier alpha value is -0.970. The van der Waals surface area contributed by atoms with Gasteiger partial charge in [0.15, 0.2) is 0 Å².